The van der Waals surface area contributed by atoms with Gasteiger partial charge in [0.25, 0.3) is 0 Å². The number of benzene rings is 2. The maximum atomic E-state index is 13.2. The number of piperidine rings is 1. The fourth-order valence-electron chi connectivity index (χ4n) is 4.92. The van der Waals surface area contributed by atoms with Gasteiger partial charge in [-0.25, -0.2) is 0 Å². The van der Waals surface area contributed by atoms with Gasteiger partial charge in [-0.2, -0.15) is 0 Å². The fourth-order valence-corrected chi connectivity index (χ4v) is 4.92. The first-order valence-electron chi connectivity index (χ1n) is 12.2. The van der Waals surface area contributed by atoms with E-state index in [0.717, 1.165) is 44.0 Å². The van der Waals surface area contributed by atoms with E-state index in [-0.39, 0.29) is 18.4 Å². The van der Waals surface area contributed by atoms with Gasteiger partial charge in [0.05, 0.1) is 6.61 Å². The molecule has 1 spiro atoms. The Bertz CT molecular complexity index is 956. The zero-order valence-corrected chi connectivity index (χ0v) is 20.2. The normalized spacial score (nSPS) is 20.4. The van der Waals surface area contributed by atoms with Crippen LogP contribution in [0, 0.1) is 0 Å². The number of nitrogens with zero attached hydrogens (tertiary/aromatic N) is 2. The zero-order chi connectivity index (χ0) is 24.0. The number of rotatable bonds is 9. The average molecular weight is 466 g/mol. The standard InChI is InChI=1S/C27H35N3O4/c1-3-4-16-30-25(31)24(20-33-2)28-26(32)27(30)14-17-29(18-15-27)19-21-10-12-23(13-11-21)34-22-8-6-5-7-9-22/h5-13,24H,3-4,14-20H2,1-2H3,(H,28,32). The number of carbonyl (C=O) groups is 2. The Balaban J connectivity index is 1.38. The third-order valence-corrected chi connectivity index (χ3v) is 6.87. The third kappa shape index (κ3) is 5.26. The fraction of sp³-hybridized carbons (Fsp3) is 0.481. The molecule has 0 radical (unpaired) electrons. The van der Waals surface area contributed by atoms with Gasteiger partial charge in [-0.05, 0) is 49.1 Å². The molecule has 4 rings (SSSR count). The predicted molar refractivity (Wildman–Crippen MR) is 131 cm³/mol. The lowest BCUT2D eigenvalue weighted by Crippen LogP contribution is -2.73. The summed E-state index contributed by atoms with van der Waals surface area (Å²) in [6.45, 7) is 5.26. The molecule has 2 aromatic rings. The van der Waals surface area contributed by atoms with Gasteiger partial charge < -0.3 is 19.7 Å². The molecule has 1 atom stereocenters. The lowest BCUT2D eigenvalue weighted by molar-refractivity contribution is -0.162. The molecule has 182 valence electrons. The number of hydrogen-bond donors (Lipinski definition) is 1. The number of carbonyl (C=O) groups excluding carboxylic acids is 2. The summed E-state index contributed by atoms with van der Waals surface area (Å²) in [5, 5.41) is 2.94. The molecule has 0 aliphatic carbocycles. The number of para-hydroxylation sites is 1. The van der Waals surface area contributed by atoms with Crippen LogP contribution in [0.1, 0.15) is 38.2 Å². The molecule has 1 unspecified atom stereocenters. The van der Waals surface area contributed by atoms with E-state index in [1.165, 1.54) is 5.56 Å². The van der Waals surface area contributed by atoms with Crippen LogP contribution in [-0.2, 0) is 20.9 Å². The van der Waals surface area contributed by atoms with E-state index in [9.17, 15) is 9.59 Å². The lowest BCUT2D eigenvalue weighted by atomic mass is 9.81. The summed E-state index contributed by atoms with van der Waals surface area (Å²) >= 11 is 0. The minimum absolute atomic E-state index is 0.0163. The molecule has 34 heavy (non-hydrogen) atoms. The summed E-state index contributed by atoms with van der Waals surface area (Å²) in [5.41, 5.74) is 0.448. The first-order chi connectivity index (χ1) is 16.6. The molecule has 2 aromatic carbocycles. The van der Waals surface area contributed by atoms with Crippen LogP contribution in [-0.4, -0.2) is 66.5 Å². The molecule has 2 heterocycles. The summed E-state index contributed by atoms with van der Waals surface area (Å²) in [7, 11) is 1.55. The molecule has 7 nitrogen and oxygen atoms in total. The van der Waals surface area contributed by atoms with Gasteiger partial charge in [0, 0.05) is 33.3 Å². The molecule has 2 aliphatic rings. The van der Waals surface area contributed by atoms with Gasteiger partial charge in [-0.3, -0.25) is 14.5 Å². The first-order valence-corrected chi connectivity index (χ1v) is 12.2. The van der Waals surface area contributed by atoms with E-state index in [1.54, 1.807) is 7.11 Å². The van der Waals surface area contributed by atoms with Gasteiger partial charge in [0.2, 0.25) is 11.8 Å². The van der Waals surface area contributed by atoms with Crippen molar-refractivity contribution in [2.24, 2.45) is 0 Å². The molecular formula is C27H35N3O4. The highest BCUT2D eigenvalue weighted by Gasteiger charge is 2.53. The van der Waals surface area contributed by atoms with Gasteiger partial charge in [-0.1, -0.05) is 43.7 Å². The van der Waals surface area contributed by atoms with Crippen LogP contribution >= 0.6 is 0 Å². The Morgan fingerprint density at radius 1 is 1.00 bits per heavy atom. The summed E-state index contributed by atoms with van der Waals surface area (Å²) in [6.07, 6.45) is 3.15. The predicted octanol–water partition coefficient (Wildman–Crippen LogP) is 3.59. The minimum Gasteiger partial charge on any atom is -0.457 e. The molecular weight excluding hydrogens is 430 g/mol. The number of piperazine rings is 1. The Hall–Kier alpha value is -2.90. The second kappa shape index (κ2) is 11.0. The van der Waals surface area contributed by atoms with Crippen molar-refractivity contribution in [1.82, 2.24) is 15.1 Å². The van der Waals surface area contributed by atoms with E-state index in [4.69, 9.17) is 9.47 Å². The van der Waals surface area contributed by atoms with Crippen molar-refractivity contribution in [3.63, 3.8) is 0 Å². The Morgan fingerprint density at radius 2 is 1.68 bits per heavy atom. The molecule has 2 amide bonds. The number of likely N-dealkylation sites (tertiary alicyclic amines) is 1. The van der Waals surface area contributed by atoms with Crippen molar-refractivity contribution in [3.05, 3.63) is 60.2 Å². The van der Waals surface area contributed by atoms with E-state index in [1.807, 2.05) is 47.4 Å². The van der Waals surface area contributed by atoms with Gasteiger partial charge in [-0.15, -0.1) is 0 Å². The second-order valence-electron chi connectivity index (χ2n) is 9.19. The van der Waals surface area contributed by atoms with Crippen molar-refractivity contribution in [1.29, 1.82) is 0 Å². The van der Waals surface area contributed by atoms with E-state index in [0.29, 0.717) is 19.4 Å². The maximum absolute atomic E-state index is 13.2. The highest BCUT2D eigenvalue weighted by atomic mass is 16.5. The van der Waals surface area contributed by atoms with Crippen LogP contribution in [0.15, 0.2) is 54.6 Å². The summed E-state index contributed by atoms with van der Waals surface area (Å²) in [5.74, 6) is 1.57. The van der Waals surface area contributed by atoms with Gasteiger partial charge in [0.1, 0.15) is 23.1 Å². The van der Waals surface area contributed by atoms with Crippen LogP contribution < -0.4 is 10.1 Å². The number of ether oxygens (including phenoxy) is 2. The van der Waals surface area contributed by atoms with Gasteiger partial charge in [0.15, 0.2) is 0 Å². The van der Waals surface area contributed by atoms with Crippen molar-refractivity contribution >= 4 is 11.8 Å². The molecule has 2 saturated heterocycles. The molecule has 0 saturated carbocycles. The van der Waals surface area contributed by atoms with Crippen LogP contribution in [0.5, 0.6) is 11.5 Å². The highest BCUT2D eigenvalue weighted by Crippen LogP contribution is 2.34. The summed E-state index contributed by atoms with van der Waals surface area (Å²) < 4.78 is 11.1. The Kier molecular flexibility index (Phi) is 7.85. The third-order valence-electron chi connectivity index (χ3n) is 6.87. The number of nitrogens with one attached hydrogen (secondary N) is 1. The number of unbranched alkanes of at least 4 members (excludes halogenated alkanes) is 1. The molecule has 0 aromatic heterocycles. The number of methoxy groups -OCH3 is 1. The van der Waals surface area contributed by atoms with Crippen LogP contribution in [0.25, 0.3) is 0 Å². The SMILES string of the molecule is CCCCN1C(=O)C(COC)NC(=O)C12CCN(Cc1ccc(Oc3ccccc3)cc1)CC2. The largest absolute Gasteiger partial charge is 0.457 e. The zero-order valence-electron chi connectivity index (χ0n) is 20.2. The van der Waals surface area contributed by atoms with Crippen LogP contribution in [0.4, 0.5) is 0 Å². The van der Waals surface area contributed by atoms with Crippen molar-refractivity contribution in [2.75, 3.05) is 33.4 Å². The van der Waals surface area contributed by atoms with E-state index < -0.39 is 11.6 Å². The van der Waals surface area contributed by atoms with Crippen molar-refractivity contribution in [3.8, 4) is 11.5 Å². The minimum atomic E-state index is -0.750. The summed E-state index contributed by atoms with van der Waals surface area (Å²) in [4.78, 5) is 30.6. The maximum Gasteiger partial charge on any atom is 0.248 e. The highest BCUT2D eigenvalue weighted by molar-refractivity contribution is 6.00. The lowest BCUT2D eigenvalue weighted by Gasteiger charge is -2.51. The van der Waals surface area contributed by atoms with Gasteiger partial charge >= 0.3 is 0 Å². The summed E-state index contributed by atoms with van der Waals surface area (Å²) in [6, 6.07) is 17.3. The molecule has 2 fully saturated rings. The average Bonchev–Trinajstić information content (AvgIpc) is 2.86. The van der Waals surface area contributed by atoms with Crippen LogP contribution in [0.3, 0.4) is 0 Å². The van der Waals surface area contributed by atoms with Crippen LogP contribution in [0.2, 0.25) is 0 Å². The van der Waals surface area contributed by atoms with E-state index in [2.05, 4.69) is 29.3 Å². The Morgan fingerprint density at radius 3 is 2.32 bits per heavy atom. The number of hydrogen-bond acceptors (Lipinski definition) is 5. The van der Waals surface area contributed by atoms with Crippen molar-refractivity contribution < 1.29 is 19.1 Å². The number of amides is 2. The smallest absolute Gasteiger partial charge is 0.248 e. The first kappa shape index (κ1) is 24.2. The topological polar surface area (TPSA) is 71.1 Å². The van der Waals surface area contributed by atoms with Crippen molar-refractivity contribution in [2.45, 2.75) is 50.7 Å². The molecule has 2 aliphatic heterocycles. The molecule has 7 heteroatoms. The molecule has 1 N–H and O–H groups in total. The second-order valence-corrected chi connectivity index (χ2v) is 9.19. The molecule has 0 bridgehead atoms. The quantitative estimate of drug-likeness (QED) is 0.613. The Labute approximate surface area is 202 Å². The van der Waals surface area contributed by atoms with E-state index >= 15 is 0 Å². The monoisotopic (exact) mass is 465 g/mol.